The lowest BCUT2D eigenvalue weighted by atomic mass is 10.2. The number of aryl methyl sites for hydroxylation is 1. The fourth-order valence-electron chi connectivity index (χ4n) is 1.39. The second kappa shape index (κ2) is 6.06. The third-order valence-electron chi connectivity index (χ3n) is 2.16. The van der Waals surface area contributed by atoms with Gasteiger partial charge in [0, 0.05) is 24.2 Å². The molecule has 0 heterocycles. The van der Waals surface area contributed by atoms with Gasteiger partial charge in [0.05, 0.1) is 5.75 Å². The smallest absolute Gasteiger partial charge is 0.233 e. The van der Waals surface area contributed by atoms with E-state index in [9.17, 15) is 13.2 Å². The van der Waals surface area contributed by atoms with Gasteiger partial charge in [0.1, 0.15) is 0 Å². The molecule has 1 aromatic carbocycles. The van der Waals surface area contributed by atoms with Gasteiger partial charge in [-0.3, -0.25) is 9.52 Å². The molecule has 1 rings (SSSR count). The molecule has 0 aliphatic rings. The summed E-state index contributed by atoms with van der Waals surface area (Å²) in [5.74, 6) is -0.270. The number of carbonyl (C=O) groups is 1. The van der Waals surface area contributed by atoms with Gasteiger partial charge in [-0.05, 0) is 30.7 Å². The number of benzene rings is 1. The third-order valence-corrected chi connectivity index (χ3v) is 3.86. The number of hydrogen-bond acceptors (Lipinski definition) is 3. The first-order valence-corrected chi connectivity index (χ1v) is 7.47. The van der Waals surface area contributed by atoms with Gasteiger partial charge in [-0.1, -0.05) is 0 Å². The van der Waals surface area contributed by atoms with Gasteiger partial charge in [0.15, 0.2) is 0 Å². The molecule has 1 aromatic rings. The molecule has 0 fully saturated rings. The Labute approximate surface area is 112 Å². The van der Waals surface area contributed by atoms with Gasteiger partial charge >= 0.3 is 0 Å². The summed E-state index contributed by atoms with van der Waals surface area (Å²) in [6.45, 7) is 3.20. The van der Waals surface area contributed by atoms with E-state index in [4.69, 9.17) is 11.6 Å². The summed E-state index contributed by atoms with van der Waals surface area (Å²) in [5, 5.41) is 2.65. The van der Waals surface area contributed by atoms with E-state index in [1.54, 1.807) is 25.1 Å². The van der Waals surface area contributed by atoms with Crippen molar-refractivity contribution in [3.63, 3.8) is 0 Å². The first-order valence-electron chi connectivity index (χ1n) is 5.29. The molecule has 0 aromatic heterocycles. The number of carbonyl (C=O) groups excluding carboxylic acids is 1. The number of halogens is 1. The highest BCUT2D eigenvalue weighted by Crippen LogP contribution is 2.20. The number of anilines is 2. The molecular formula is C11H15ClN2O3S. The minimum atomic E-state index is -3.41. The minimum absolute atomic E-state index is 0.0400. The fraction of sp³-hybridized carbons (Fsp3) is 0.364. The van der Waals surface area contributed by atoms with Crippen LogP contribution in [0.5, 0.6) is 0 Å². The van der Waals surface area contributed by atoms with Crippen molar-refractivity contribution in [2.24, 2.45) is 0 Å². The lowest BCUT2D eigenvalue weighted by Crippen LogP contribution is -2.17. The van der Waals surface area contributed by atoms with Crippen LogP contribution in [0.3, 0.4) is 0 Å². The van der Waals surface area contributed by atoms with Gasteiger partial charge in [0.2, 0.25) is 15.9 Å². The molecule has 0 aliphatic carbocycles. The Balaban J connectivity index is 2.88. The number of nitrogens with one attached hydrogen (secondary N) is 2. The van der Waals surface area contributed by atoms with E-state index < -0.39 is 10.0 Å². The third kappa shape index (κ3) is 4.54. The van der Waals surface area contributed by atoms with Gasteiger partial charge < -0.3 is 5.32 Å². The van der Waals surface area contributed by atoms with Crippen molar-refractivity contribution in [2.75, 3.05) is 21.7 Å². The molecule has 5 nitrogen and oxygen atoms in total. The number of sulfonamides is 1. The van der Waals surface area contributed by atoms with E-state index >= 15 is 0 Å². The zero-order chi connectivity index (χ0) is 13.8. The van der Waals surface area contributed by atoms with Crippen molar-refractivity contribution in [2.45, 2.75) is 13.8 Å². The molecule has 0 atom stereocenters. The van der Waals surface area contributed by atoms with Crippen LogP contribution in [-0.4, -0.2) is 26.0 Å². The maximum absolute atomic E-state index is 11.5. The zero-order valence-corrected chi connectivity index (χ0v) is 11.7. The normalized spacial score (nSPS) is 11.1. The molecule has 0 aliphatic heterocycles. The van der Waals surface area contributed by atoms with Crippen LogP contribution in [0, 0.1) is 6.92 Å². The second-order valence-corrected chi connectivity index (χ2v) is 6.04. The Morgan fingerprint density at radius 3 is 2.56 bits per heavy atom. The Morgan fingerprint density at radius 2 is 2.06 bits per heavy atom. The molecule has 0 bridgehead atoms. The highest BCUT2D eigenvalue weighted by Gasteiger charge is 2.10. The summed E-state index contributed by atoms with van der Waals surface area (Å²) in [4.78, 5) is 10.9. The Hall–Kier alpha value is -1.27. The van der Waals surface area contributed by atoms with Crippen molar-refractivity contribution in [1.82, 2.24) is 0 Å². The van der Waals surface area contributed by atoms with Crippen LogP contribution in [0.1, 0.15) is 12.5 Å². The van der Waals surface area contributed by atoms with Crippen LogP contribution < -0.4 is 10.0 Å². The molecule has 0 unspecified atom stereocenters. The highest BCUT2D eigenvalue weighted by atomic mass is 35.5. The van der Waals surface area contributed by atoms with Crippen molar-refractivity contribution >= 4 is 38.9 Å². The number of amides is 1. The van der Waals surface area contributed by atoms with Crippen LogP contribution in [0.2, 0.25) is 0 Å². The molecule has 0 saturated carbocycles. The van der Waals surface area contributed by atoms with Crippen molar-refractivity contribution in [1.29, 1.82) is 0 Å². The van der Waals surface area contributed by atoms with E-state index in [0.717, 1.165) is 5.56 Å². The van der Waals surface area contributed by atoms with Crippen LogP contribution in [0.4, 0.5) is 11.4 Å². The first-order chi connectivity index (χ1) is 8.34. The molecule has 0 saturated heterocycles. The molecule has 18 heavy (non-hydrogen) atoms. The van der Waals surface area contributed by atoms with Gasteiger partial charge in [-0.15, -0.1) is 11.6 Å². The summed E-state index contributed by atoms with van der Waals surface area (Å²) in [5.41, 5.74) is 1.88. The van der Waals surface area contributed by atoms with E-state index in [2.05, 4.69) is 10.0 Å². The number of alkyl halides is 1. The van der Waals surface area contributed by atoms with E-state index in [1.807, 2.05) is 0 Å². The molecule has 2 N–H and O–H groups in total. The Bertz CT molecular complexity index is 543. The van der Waals surface area contributed by atoms with Crippen molar-refractivity contribution < 1.29 is 13.2 Å². The van der Waals surface area contributed by atoms with Gasteiger partial charge in [-0.2, -0.15) is 0 Å². The molecular weight excluding hydrogens is 276 g/mol. The lowest BCUT2D eigenvalue weighted by Gasteiger charge is -2.10. The van der Waals surface area contributed by atoms with E-state index in [1.165, 1.54) is 6.92 Å². The Morgan fingerprint density at radius 1 is 1.39 bits per heavy atom. The highest BCUT2D eigenvalue weighted by molar-refractivity contribution is 7.92. The summed E-state index contributed by atoms with van der Waals surface area (Å²) >= 11 is 5.40. The van der Waals surface area contributed by atoms with E-state index in [-0.39, 0.29) is 17.5 Å². The summed E-state index contributed by atoms with van der Waals surface area (Å²) in [7, 11) is -3.41. The molecule has 7 heteroatoms. The van der Waals surface area contributed by atoms with Crippen molar-refractivity contribution in [3.05, 3.63) is 23.8 Å². The van der Waals surface area contributed by atoms with Crippen LogP contribution >= 0.6 is 11.6 Å². The number of rotatable bonds is 5. The predicted octanol–water partition coefficient (Wildman–Crippen LogP) is 1.93. The summed E-state index contributed by atoms with van der Waals surface area (Å²) < 4.78 is 25.4. The lowest BCUT2D eigenvalue weighted by molar-refractivity contribution is -0.114. The zero-order valence-electron chi connectivity index (χ0n) is 10.2. The summed E-state index contributed by atoms with van der Waals surface area (Å²) in [6.07, 6.45) is 0. The van der Waals surface area contributed by atoms with Gasteiger partial charge in [-0.25, -0.2) is 8.42 Å². The maximum Gasteiger partial charge on any atom is 0.233 e. The number of hydrogen-bond donors (Lipinski definition) is 2. The van der Waals surface area contributed by atoms with Crippen LogP contribution in [-0.2, 0) is 14.8 Å². The quantitative estimate of drug-likeness (QED) is 0.814. The fourth-order valence-corrected chi connectivity index (χ4v) is 2.79. The molecule has 0 radical (unpaired) electrons. The van der Waals surface area contributed by atoms with Crippen LogP contribution in [0.15, 0.2) is 18.2 Å². The summed E-state index contributed by atoms with van der Waals surface area (Å²) in [6, 6.07) is 4.89. The minimum Gasteiger partial charge on any atom is -0.326 e. The van der Waals surface area contributed by atoms with E-state index in [0.29, 0.717) is 11.4 Å². The maximum atomic E-state index is 11.5. The van der Waals surface area contributed by atoms with Gasteiger partial charge in [0.25, 0.3) is 0 Å². The first kappa shape index (κ1) is 14.8. The predicted molar refractivity (Wildman–Crippen MR) is 73.6 cm³/mol. The largest absolute Gasteiger partial charge is 0.326 e. The molecule has 100 valence electrons. The Kier molecular flexibility index (Phi) is 4.98. The average Bonchev–Trinajstić information content (AvgIpc) is 2.20. The molecule has 1 amide bonds. The van der Waals surface area contributed by atoms with Crippen molar-refractivity contribution in [3.8, 4) is 0 Å². The van der Waals surface area contributed by atoms with Crippen LogP contribution in [0.25, 0.3) is 0 Å². The SMILES string of the molecule is CC(=O)Nc1ccc(NS(=O)(=O)CCCl)cc1C. The topological polar surface area (TPSA) is 75.3 Å². The molecule has 0 spiro atoms. The average molecular weight is 291 g/mol. The monoisotopic (exact) mass is 290 g/mol. The second-order valence-electron chi connectivity index (χ2n) is 3.82. The standard InChI is InChI=1S/C11H15ClN2O3S/c1-8-7-10(14-18(16,17)6-5-12)3-4-11(8)13-9(2)15/h3-4,7,14H,5-6H2,1-2H3,(H,13,15).